The first kappa shape index (κ1) is 16.6. The van der Waals surface area contributed by atoms with Crippen LogP contribution in [0.4, 0.5) is 4.39 Å². The van der Waals surface area contributed by atoms with Crippen LogP contribution >= 0.6 is 0 Å². The van der Waals surface area contributed by atoms with Gasteiger partial charge < -0.3 is 9.47 Å². The van der Waals surface area contributed by atoms with Crippen LogP contribution in [0.2, 0.25) is 0 Å². The maximum Gasteiger partial charge on any atom is 0.162 e. The lowest BCUT2D eigenvalue weighted by molar-refractivity contribution is 0.201. The fraction of sp³-hybridized carbons (Fsp3) is 0.286. The standard InChI is InChI=1S/C21H21FN2O2/c1-25-20-11-6-15(14-21(20)26-18-4-2-3-5-18)19-12-13-23-24(19)17-9-7-16(22)8-10-17/h6-14,18H,2-5H2,1H3. The molecule has 0 radical (unpaired) electrons. The lowest BCUT2D eigenvalue weighted by atomic mass is 10.1. The van der Waals surface area contributed by atoms with Crippen molar-refractivity contribution >= 4 is 0 Å². The summed E-state index contributed by atoms with van der Waals surface area (Å²) in [5, 5.41) is 4.39. The predicted octanol–water partition coefficient (Wildman–Crippen LogP) is 5.01. The van der Waals surface area contributed by atoms with Crippen molar-refractivity contribution in [2.24, 2.45) is 0 Å². The van der Waals surface area contributed by atoms with Gasteiger partial charge in [-0.25, -0.2) is 9.07 Å². The van der Waals surface area contributed by atoms with Gasteiger partial charge in [-0.2, -0.15) is 5.10 Å². The Kier molecular flexibility index (Phi) is 4.61. The summed E-state index contributed by atoms with van der Waals surface area (Å²) in [6.45, 7) is 0. The predicted molar refractivity (Wildman–Crippen MR) is 98.4 cm³/mol. The lowest BCUT2D eigenvalue weighted by Gasteiger charge is -2.17. The van der Waals surface area contributed by atoms with E-state index in [-0.39, 0.29) is 11.9 Å². The molecule has 0 saturated heterocycles. The van der Waals surface area contributed by atoms with Gasteiger partial charge in [0.1, 0.15) is 5.82 Å². The first-order valence-electron chi connectivity index (χ1n) is 8.89. The van der Waals surface area contributed by atoms with Gasteiger partial charge in [0.25, 0.3) is 0 Å². The molecule has 26 heavy (non-hydrogen) atoms. The third-order valence-corrected chi connectivity index (χ3v) is 4.77. The van der Waals surface area contributed by atoms with Crippen LogP contribution < -0.4 is 9.47 Å². The molecule has 3 aromatic rings. The van der Waals surface area contributed by atoms with Crippen LogP contribution in [0, 0.1) is 5.82 Å². The van der Waals surface area contributed by atoms with Gasteiger partial charge in [-0.05, 0) is 74.2 Å². The van der Waals surface area contributed by atoms with E-state index in [2.05, 4.69) is 5.10 Å². The second-order valence-corrected chi connectivity index (χ2v) is 6.49. The minimum absolute atomic E-state index is 0.251. The van der Waals surface area contributed by atoms with Crippen LogP contribution in [0.15, 0.2) is 54.7 Å². The molecule has 0 atom stereocenters. The second kappa shape index (κ2) is 7.20. The van der Waals surface area contributed by atoms with Gasteiger partial charge in [0.2, 0.25) is 0 Å². The van der Waals surface area contributed by atoms with Crippen molar-refractivity contribution in [2.45, 2.75) is 31.8 Å². The molecule has 1 aromatic heterocycles. The molecule has 0 aliphatic heterocycles. The van der Waals surface area contributed by atoms with Gasteiger partial charge in [-0.3, -0.25) is 0 Å². The Morgan fingerprint density at radius 3 is 2.50 bits per heavy atom. The monoisotopic (exact) mass is 352 g/mol. The molecular formula is C21H21FN2O2. The average molecular weight is 352 g/mol. The zero-order chi connectivity index (χ0) is 17.9. The van der Waals surface area contributed by atoms with Crippen molar-refractivity contribution in [1.29, 1.82) is 0 Å². The van der Waals surface area contributed by atoms with E-state index >= 15 is 0 Å². The zero-order valence-electron chi connectivity index (χ0n) is 14.7. The molecular weight excluding hydrogens is 331 g/mol. The van der Waals surface area contributed by atoms with Gasteiger partial charge >= 0.3 is 0 Å². The summed E-state index contributed by atoms with van der Waals surface area (Å²) in [6, 6.07) is 14.1. The lowest BCUT2D eigenvalue weighted by Crippen LogP contribution is -2.11. The van der Waals surface area contributed by atoms with E-state index in [0.29, 0.717) is 0 Å². The van der Waals surface area contributed by atoms with E-state index in [9.17, 15) is 4.39 Å². The minimum atomic E-state index is -0.265. The second-order valence-electron chi connectivity index (χ2n) is 6.49. The quantitative estimate of drug-likeness (QED) is 0.648. The summed E-state index contributed by atoms with van der Waals surface area (Å²) >= 11 is 0. The highest BCUT2D eigenvalue weighted by Gasteiger charge is 2.19. The van der Waals surface area contributed by atoms with Crippen LogP contribution in [0.3, 0.4) is 0 Å². The Hall–Kier alpha value is -2.82. The third kappa shape index (κ3) is 3.29. The maximum absolute atomic E-state index is 13.2. The molecule has 1 aliphatic rings. The first-order valence-corrected chi connectivity index (χ1v) is 8.89. The number of hydrogen-bond donors (Lipinski definition) is 0. The normalized spacial score (nSPS) is 14.5. The van der Waals surface area contributed by atoms with Gasteiger partial charge in [0.15, 0.2) is 11.5 Å². The number of aromatic nitrogens is 2. The summed E-state index contributed by atoms with van der Waals surface area (Å²) in [5.74, 6) is 1.22. The summed E-state index contributed by atoms with van der Waals surface area (Å²) in [5.41, 5.74) is 2.69. The van der Waals surface area contributed by atoms with Gasteiger partial charge in [0, 0.05) is 5.56 Å². The van der Waals surface area contributed by atoms with E-state index < -0.39 is 0 Å². The molecule has 4 nitrogen and oxygen atoms in total. The van der Waals surface area contributed by atoms with Gasteiger partial charge in [-0.15, -0.1) is 0 Å². The first-order chi connectivity index (χ1) is 12.7. The molecule has 1 fully saturated rings. The molecule has 1 heterocycles. The Morgan fingerprint density at radius 1 is 1.00 bits per heavy atom. The number of rotatable bonds is 5. The van der Waals surface area contributed by atoms with Gasteiger partial charge in [-0.1, -0.05) is 0 Å². The molecule has 0 amide bonds. The Bertz CT molecular complexity index is 883. The van der Waals surface area contributed by atoms with Crippen molar-refractivity contribution in [3.63, 3.8) is 0 Å². The van der Waals surface area contributed by atoms with E-state index in [0.717, 1.165) is 41.3 Å². The number of benzene rings is 2. The largest absolute Gasteiger partial charge is 0.493 e. The highest BCUT2D eigenvalue weighted by atomic mass is 19.1. The number of methoxy groups -OCH3 is 1. The Morgan fingerprint density at radius 2 is 1.77 bits per heavy atom. The molecule has 0 spiro atoms. The van der Waals surface area contributed by atoms with Crippen LogP contribution in [-0.4, -0.2) is 23.0 Å². The molecule has 1 aliphatic carbocycles. The van der Waals surface area contributed by atoms with Crippen molar-refractivity contribution < 1.29 is 13.9 Å². The highest BCUT2D eigenvalue weighted by molar-refractivity contribution is 5.66. The van der Waals surface area contributed by atoms with Crippen molar-refractivity contribution in [2.75, 3.05) is 7.11 Å². The number of halogens is 1. The van der Waals surface area contributed by atoms with Crippen LogP contribution in [0.1, 0.15) is 25.7 Å². The average Bonchev–Trinajstić information content (AvgIpc) is 3.34. The number of nitrogens with zero attached hydrogens (tertiary/aromatic N) is 2. The van der Waals surface area contributed by atoms with Crippen molar-refractivity contribution in [3.8, 4) is 28.4 Å². The van der Waals surface area contributed by atoms with Crippen LogP contribution in [0.25, 0.3) is 16.9 Å². The summed E-state index contributed by atoms with van der Waals surface area (Å²) in [7, 11) is 1.65. The fourth-order valence-electron chi connectivity index (χ4n) is 3.42. The molecule has 0 bridgehead atoms. The molecule has 0 N–H and O–H groups in total. The fourth-order valence-corrected chi connectivity index (χ4v) is 3.42. The third-order valence-electron chi connectivity index (χ3n) is 4.77. The molecule has 2 aromatic carbocycles. The molecule has 1 saturated carbocycles. The highest BCUT2D eigenvalue weighted by Crippen LogP contribution is 2.35. The summed E-state index contributed by atoms with van der Waals surface area (Å²) in [4.78, 5) is 0. The number of hydrogen-bond acceptors (Lipinski definition) is 3. The molecule has 5 heteroatoms. The van der Waals surface area contributed by atoms with Crippen molar-refractivity contribution in [1.82, 2.24) is 9.78 Å². The minimum Gasteiger partial charge on any atom is -0.493 e. The Balaban J connectivity index is 1.70. The topological polar surface area (TPSA) is 36.3 Å². The summed E-state index contributed by atoms with van der Waals surface area (Å²) < 4.78 is 26.7. The number of ether oxygens (including phenoxy) is 2. The van der Waals surface area contributed by atoms with E-state index in [1.807, 2.05) is 24.3 Å². The smallest absolute Gasteiger partial charge is 0.162 e. The van der Waals surface area contributed by atoms with Crippen LogP contribution in [0.5, 0.6) is 11.5 Å². The Labute approximate surface area is 152 Å². The maximum atomic E-state index is 13.2. The molecule has 4 rings (SSSR count). The van der Waals surface area contributed by atoms with E-state index in [4.69, 9.17) is 9.47 Å². The van der Waals surface area contributed by atoms with Crippen LogP contribution in [-0.2, 0) is 0 Å². The SMILES string of the molecule is COc1ccc(-c2ccnn2-c2ccc(F)cc2)cc1OC1CCCC1. The summed E-state index contributed by atoms with van der Waals surface area (Å²) in [6.07, 6.45) is 6.58. The van der Waals surface area contributed by atoms with E-state index in [1.54, 1.807) is 30.1 Å². The zero-order valence-corrected chi connectivity index (χ0v) is 14.7. The molecule has 134 valence electrons. The van der Waals surface area contributed by atoms with Gasteiger partial charge in [0.05, 0.1) is 30.8 Å². The van der Waals surface area contributed by atoms with Crippen molar-refractivity contribution in [3.05, 3.63) is 60.5 Å². The van der Waals surface area contributed by atoms with E-state index in [1.165, 1.54) is 25.0 Å². The molecule has 0 unspecified atom stereocenters.